The predicted octanol–water partition coefficient (Wildman–Crippen LogP) is 2.65. The Bertz CT molecular complexity index is 687. The number of likely N-dealkylation sites (tertiary alicyclic amines) is 1. The van der Waals surface area contributed by atoms with Gasteiger partial charge in [-0.15, -0.1) is 24.8 Å². The molecule has 2 fully saturated rings. The number of fused-ring (bicyclic) bond motifs is 2. The minimum Gasteiger partial charge on any atom is -0.348 e. The van der Waals surface area contributed by atoms with Gasteiger partial charge in [0.1, 0.15) is 0 Å². The number of H-pyrrole nitrogens is 1. The van der Waals surface area contributed by atoms with Gasteiger partial charge in [0, 0.05) is 38.3 Å². The van der Waals surface area contributed by atoms with Crippen molar-refractivity contribution >= 4 is 30.7 Å². The Morgan fingerprint density at radius 2 is 2.04 bits per heavy atom. The lowest BCUT2D eigenvalue weighted by Gasteiger charge is -2.50. The predicted molar refractivity (Wildman–Crippen MR) is 116 cm³/mol. The zero-order valence-electron chi connectivity index (χ0n) is 16.9. The number of amides is 1. The van der Waals surface area contributed by atoms with Crippen LogP contribution in [0.5, 0.6) is 0 Å². The first-order valence-corrected chi connectivity index (χ1v) is 10.0. The third-order valence-electron chi connectivity index (χ3n) is 6.38. The van der Waals surface area contributed by atoms with E-state index in [1.807, 2.05) is 6.33 Å². The van der Waals surface area contributed by atoms with Crippen LogP contribution in [0.25, 0.3) is 0 Å². The summed E-state index contributed by atoms with van der Waals surface area (Å²) in [7, 11) is 0. The van der Waals surface area contributed by atoms with Crippen LogP contribution in [0.15, 0.2) is 18.0 Å². The number of allylic oxidation sites excluding steroid dienone is 1. The molecule has 1 spiro atoms. The molecule has 3 aliphatic rings. The zero-order valence-corrected chi connectivity index (χ0v) is 18.5. The number of hydrogen-bond acceptors (Lipinski definition) is 4. The minimum atomic E-state index is -0.0284. The van der Waals surface area contributed by atoms with Crippen molar-refractivity contribution in [3.8, 4) is 0 Å². The lowest BCUT2D eigenvalue weighted by atomic mass is 9.78. The fourth-order valence-electron chi connectivity index (χ4n) is 4.85. The number of nitrogens with one attached hydrogen (secondary N) is 2. The maximum atomic E-state index is 12.8. The largest absolute Gasteiger partial charge is 0.348 e. The van der Waals surface area contributed by atoms with Crippen LogP contribution in [-0.4, -0.2) is 64.4 Å². The van der Waals surface area contributed by atoms with Gasteiger partial charge in [-0.1, -0.05) is 11.6 Å². The van der Waals surface area contributed by atoms with Crippen LogP contribution in [0.2, 0.25) is 0 Å². The molecule has 1 aromatic rings. The van der Waals surface area contributed by atoms with E-state index in [9.17, 15) is 4.79 Å². The van der Waals surface area contributed by atoms with E-state index >= 15 is 0 Å². The Hall–Kier alpha value is -1.08. The highest BCUT2D eigenvalue weighted by Gasteiger charge is 2.47. The summed E-state index contributed by atoms with van der Waals surface area (Å²) in [5, 5.41) is 3.35. The summed E-state index contributed by atoms with van der Waals surface area (Å²) >= 11 is 0. The number of imidazole rings is 1. The monoisotopic (exact) mass is 429 g/mol. The van der Waals surface area contributed by atoms with Crippen LogP contribution in [-0.2, 0) is 16.8 Å². The normalized spacial score (nSPS) is 23.5. The number of halogens is 2. The Kier molecular flexibility index (Phi) is 7.97. The molecule has 4 heterocycles. The fourth-order valence-corrected chi connectivity index (χ4v) is 4.85. The minimum absolute atomic E-state index is 0. The van der Waals surface area contributed by atoms with Crippen molar-refractivity contribution in [1.82, 2.24) is 25.1 Å². The van der Waals surface area contributed by atoms with E-state index in [0.29, 0.717) is 5.91 Å². The molecule has 1 amide bonds. The second-order valence-corrected chi connectivity index (χ2v) is 8.21. The molecular weight excluding hydrogens is 397 g/mol. The Balaban J connectivity index is 0.00000140. The summed E-state index contributed by atoms with van der Waals surface area (Å²) in [4.78, 5) is 25.5. The van der Waals surface area contributed by atoms with Gasteiger partial charge in [0.25, 0.3) is 0 Å². The molecule has 0 bridgehead atoms. The van der Waals surface area contributed by atoms with Crippen LogP contribution in [0.1, 0.15) is 50.9 Å². The van der Waals surface area contributed by atoms with E-state index in [1.165, 1.54) is 17.0 Å². The number of nitrogens with zero attached hydrogens (tertiary/aromatic N) is 3. The molecule has 4 rings (SSSR count). The highest BCUT2D eigenvalue weighted by Crippen LogP contribution is 2.42. The van der Waals surface area contributed by atoms with Gasteiger partial charge in [-0.05, 0) is 46.1 Å². The van der Waals surface area contributed by atoms with E-state index in [2.05, 4.69) is 40.0 Å². The summed E-state index contributed by atoms with van der Waals surface area (Å²) in [5.41, 5.74) is 3.83. The molecule has 28 heavy (non-hydrogen) atoms. The quantitative estimate of drug-likeness (QED) is 0.724. The van der Waals surface area contributed by atoms with Gasteiger partial charge in [-0.2, -0.15) is 0 Å². The molecule has 1 aromatic heterocycles. The summed E-state index contributed by atoms with van der Waals surface area (Å²) < 4.78 is 0. The zero-order chi connectivity index (χ0) is 18.1. The molecule has 158 valence electrons. The van der Waals surface area contributed by atoms with Crippen molar-refractivity contribution in [1.29, 1.82) is 0 Å². The van der Waals surface area contributed by atoms with E-state index < -0.39 is 0 Å². The molecule has 0 unspecified atom stereocenters. The van der Waals surface area contributed by atoms with Crippen molar-refractivity contribution in [2.75, 3.05) is 32.7 Å². The van der Waals surface area contributed by atoms with Crippen molar-refractivity contribution in [3.63, 3.8) is 0 Å². The Morgan fingerprint density at radius 1 is 1.29 bits per heavy atom. The SMILES string of the molecule is CC(C)=CCN1CCc2[nH]cnc2C12CCN(C(=O)[C@H]1CCCN1)CC2.Cl.Cl. The topological polar surface area (TPSA) is 64.3 Å². The summed E-state index contributed by atoms with van der Waals surface area (Å²) in [6, 6.07) is 0.0399. The number of carbonyl (C=O) groups excluding carboxylic acids is 1. The maximum Gasteiger partial charge on any atom is 0.239 e. The number of piperidine rings is 1. The van der Waals surface area contributed by atoms with E-state index in [-0.39, 0.29) is 36.4 Å². The molecule has 2 N–H and O–H groups in total. The second-order valence-electron chi connectivity index (χ2n) is 8.21. The average Bonchev–Trinajstić information content (AvgIpc) is 3.33. The van der Waals surface area contributed by atoms with Crippen LogP contribution >= 0.6 is 24.8 Å². The molecule has 8 heteroatoms. The highest BCUT2D eigenvalue weighted by molar-refractivity contribution is 5.85. The van der Waals surface area contributed by atoms with Gasteiger partial charge in [0.15, 0.2) is 0 Å². The number of aromatic nitrogens is 2. The van der Waals surface area contributed by atoms with E-state index in [1.54, 1.807) is 0 Å². The standard InChI is InChI=1S/C20H31N5O.2ClH/c1-15(2)5-10-25-11-6-16-18(23-14-22-16)20(25)7-12-24(13-8-20)19(26)17-4-3-9-21-17;;/h5,14,17,21H,3-4,6-13H2,1-2H3,(H,22,23);2*1H/t17-;;/m1../s1. The molecule has 6 nitrogen and oxygen atoms in total. The van der Waals surface area contributed by atoms with Gasteiger partial charge in [0.2, 0.25) is 5.91 Å². The van der Waals surface area contributed by atoms with Gasteiger partial charge in [-0.25, -0.2) is 4.98 Å². The van der Waals surface area contributed by atoms with Gasteiger partial charge in [0.05, 0.1) is 23.6 Å². The van der Waals surface area contributed by atoms with Crippen molar-refractivity contribution in [2.45, 2.75) is 57.5 Å². The lowest BCUT2D eigenvalue weighted by molar-refractivity contribution is -0.136. The molecular formula is C20H33Cl2N5O. The first-order chi connectivity index (χ1) is 12.6. The molecule has 0 radical (unpaired) electrons. The first kappa shape index (κ1) is 23.2. The van der Waals surface area contributed by atoms with Crippen molar-refractivity contribution in [2.24, 2.45) is 0 Å². The Labute approximate surface area is 180 Å². The van der Waals surface area contributed by atoms with Gasteiger partial charge in [-0.3, -0.25) is 9.69 Å². The summed E-state index contributed by atoms with van der Waals surface area (Å²) in [5.74, 6) is 0.297. The van der Waals surface area contributed by atoms with E-state index in [4.69, 9.17) is 4.98 Å². The highest BCUT2D eigenvalue weighted by atomic mass is 35.5. The fraction of sp³-hybridized carbons (Fsp3) is 0.700. The number of hydrogen-bond donors (Lipinski definition) is 2. The second kappa shape index (κ2) is 9.61. The summed E-state index contributed by atoms with van der Waals surface area (Å²) in [6.45, 7) is 8.97. The van der Waals surface area contributed by atoms with Gasteiger partial charge < -0.3 is 15.2 Å². The Morgan fingerprint density at radius 3 is 2.68 bits per heavy atom. The number of rotatable bonds is 3. The first-order valence-electron chi connectivity index (χ1n) is 10.0. The van der Waals surface area contributed by atoms with Crippen molar-refractivity contribution in [3.05, 3.63) is 29.4 Å². The third kappa shape index (κ3) is 4.25. The maximum absolute atomic E-state index is 12.8. The average molecular weight is 430 g/mol. The molecule has 0 aromatic carbocycles. The van der Waals surface area contributed by atoms with Crippen LogP contribution in [0.3, 0.4) is 0 Å². The lowest BCUT2D eigenvalue weighted by Crippen LogP contribution is -2.58. The summed E-state index contributed by atoms with van der Waals surface area (Å²) in [6.07, 6.45) is 9.23. The molecule has 0 aliphatic carbocycles. The molecule has 2 saturated heterocycles. The third-order valence-corrected chi connectivity index (χ3v) is 6.38. The van der Waals surface area contributed by atoms with Crippen LogP contribution in [0, 0.1) is 0 Å². The molecule has 0 saturated carbocycles. The number of aromatic amines is 1. The smallest absolute Gasteiger partial charge is 0.239 e. The molecule has 3 aliphatic heterocycles. The molecule has 1 atom stereocenters. The van der Waals surface area contributed by atoms with Gasteiger partial charge >= 0.3 is 0 Å². The van der Waals surface area contributed by atoms with Crippen molar-refractivity contribution < 1.29 is 4.79 Å². The van der Waals surface area contributed by atoms with Crippen LogP contribution < -0.4 is 5.32 Å². The van der Waals surface area contributed by atoms with Crippen LogP contribution in [0.4, 0.5) is 0 Å². The van der Waals surface area contributed by atoms with E-state index in [0.717, 1.165) is 64.8 Å². The number of carbonyl (C=O) groups is 1.